The van der Waals surface area contributed by atoms with E-state index in [1.54, 1.807) is 7.05 Å². The first-order valence-corrected chi connectivity index (χ1v) is 11.0. The average Bonchev–Trinajstić information content (AvgIpc) is 3.05. The molecule has 7 nitrogen and oxygen atoms in total. The molecule has 1 atom stereocenters. The Hall–Kier alpha value is -1.77. The molecule has 0 bridgehead atoms. The number of anilines is 1. The van der Waals surface area contributed by atoms with E-state index in [0.717, 1.165) is 68.1 Å². The molecular formula is C20H30N5O2S+. The van der Waals surface area contributed by atoms with Crippen molar-refractivity contribution in [2.45, 2.75) is 32.7 Å². The predicted octanol–water partition coefficient (Wildman–Crippen LogP) is 0.413. The van der Waals surface area contributed by atoms with Crippen LogP contribution in [0.2, 0.25) is 0 Å². The lowest BCUT2D eigenvalue weighted by molar-refractivity contribution is -0.922. The van der Waals surface area contributed by atoms with Crippen LogP contribution in [-0.4, -0.2) is 62.8 Å². The molecule has 1 aliphatic carbocycles. The summed E-state index contributed by atoms with van der Waals surface area (Å²) in [6, 6.07) is 0. The lowest BCUT2D eigenvalue weighted by Gasteiger charge is -2.24. The molecule has 1 aliphatic heterocycles. The van der Waals surface area contributed by atoms with Crippen LogP contribution in [-0.2, 0) is 28.9 Å². The lowest BCUT2D eigenvalue weighted by Crippen LogP contribution is -3.12. The quantitative estimate of drug-likeness (QED) is 0.756. The van der Waals surface area contributed by atoms with E-state index in [2.05, 4.69) is 12.2 Å². The van der Waals surface area contributed by atoms with Gasteiger partial charge in [0.15, 0.2) is 5.82 Å². The number of rotatable bonds is 5. The van der Waals surface area contributed by atoms with E-state index < -0.39 is 0 Å². The second kappa shape index (κ2) is 8.31. The first kappa shape index (κ1) is 19.5. The van der Waals surface area contributed by atoms with Crippen LogP contribution in [0.15, 0.2) is 0 Å². The minimum Gasteiger partial charge on any atom is -0.370 e. The van der Waals surface area contributed by atoms with Crippen LogP contribution in [0.4, 0.5) is 5.82 Å². The third-order valence-electron chi connectivity index (χ3n) is 5.81. The Morgan fingerprint density at radius 1 is 1.36 bits per heavy atom. The molecule has 0 unspecified atom stereocenters. The van der Waals surface area contributed by atoms with E-state index in [-0.39, 0.29) is 5.91 Å². The van der Waals surface area contributed by atoms with Crippen LogP contribution in [0, 0.1) is 5.92 Å². The molecule has 1 saturated heterocycles. The number of hydrogen-bond acceptors (Lipinski definition) is 6. The summed E-state index contributed by atoms with van der Waals surface area (Å²) >= 11 is 1.82. The Balaban J connectivity index is 1.74. The smallest absolute Gasteiger partial charge is 0.239 e. The molecule has 2 aromatic rings. The van der Waals surface area contributed by atoms with Crippen molar-refractivity contribution in [3.8, 4) is 0 Å². The summed E-state index contributed by atoms with van der Waals surface area (Å²) in [5, 5.41) is 3.88. The van der Waals surface area contributed by atoms with E-state index in [0.29, 0.717) is 6.54 Å². The van der Waals surface area contributed by atoms with Crippen molar-refractivity contribution < 1.29 is 14.4 Å². The van der Waals surface area contributed by atoms with Crippen molar-refractivity contribution in [2.24, 2.45) is 5.92 Å². The van der Waals surface area contributed by atoms with Crippen LogP contribution in [0.5, 0.6) is 0 Å². The van der Waals surface area contributed by atoms with Crippen LogP contribution in [0.1, 0.15) is 29.6 Å². The zero-order valence-electron chi connectivity index (χ0n) is 17.0. The standard InChI is InChI=1S/C20H29N5O2S/c1-13-4-5-14-15(10-13)28-20-18(14)19(24(3)12-17(26)21-2)22-16(23-20)11-25-6-8-27-9-7-25/h13H,4-12H2,1-3H3,(H,21,26)/p+1/t13-/m1/s1. The monoisotopic (exact) mass is 404 g/mol. The Bertz CT molecular complexity index is 862. The summed E-state index contributed by atoms with van der Waals surface area (Å²) < 4.78 is 5.48. The summed E-state index contributed by atoms with van der Waals surface area (Å²) in [5.41, 5.74) is 1.40. The number of nitrogens with zero attached hydrogens (tertiary/aromatic N) is 3. The van der Waals surface area contributed by atoms with Gasteiger partial charge in [-0.05, 0) is 30.7 Å². The Kier molecular flexibility index (Phi) is 5.80. The molecule has 2 aromatic heterocycles. The van der Waals surface area contributed by atoms with Gasteiger partial charge in [-0.25, -0.2) is 9.97 Å². The van der Waals surface area contributed by atoms with E-state index in [1.165, 1.54) is 27.1 Å². The maximum absolute atomic E-state index is 12.0. The topological polar surface area (TPSA) is 71.8 Å². The molecule has 8 heteroatoms. The molecule has 1 fully saturated rings. The van der Waals surface area contributed by atoms with Gasteiger partial charge in [0.1, 0.15) is 30.3 Å². The number of likely N-dealkylation sites (N-methyl/N-ethyl adjacent to an activating group) is 2. The number of carbonyl (C=O) groups excluding carboxylic acids is 1. The normalized spacial score (nSPS) is 20.2. The highest BCUT2D eigenvalue weighted by Gasteiger charge is 2.26. The molecular weight excluding hydrogens is 374 g/mol. The van der Waals surface area contributed by atoms with Gasteiger partial charge in [0.05, 0.1) is 25.1 Å². The van der Waals surface area contributed by atoms with Gasteiger partial charge >= 0.3 is 0 Å². The van der Waals surface area contributed by atoms with Crippen LogP contribution < -0.4 is 15.1 Å². The summed E-state index contributed by atoms with van der Waals surface area (Å²) in [6.45, 7) is 7.00. The fraction of sp³-hybridized carbons (Fsp3) is 0.650. The molecule has 1 amide bonds. The molecule has 0 saturated carbocycles. The van der Waals surface area contributed by atoms with Crippen molar-refractivity contribution in [1.82, 2.24) is 15.3 Å². The van der Waals surface area contributed by atoms with Gasteiger partial charge in [0.25, 0.3) is 0 Å². The van der Waals surface area contributed by atoms with E-state index in [1.807, 2.05) is 23.3 Å². The zero-order chi connectivity index (χ0) is 19.7. The third kappa shape index (κ3) is 3.99. The van der Waals surface area contributed by atoms with Gasteiger partial charge < -0.3 is 19.9 Å². The van der Waals surface area contributed by atoms with Crippen molar-refractivity contribution in [3.05, 3.63) is 16.3 Å². The van der Waals surface area contributed by atoms with Crippen LogP contribution in [0.3, 0.4) is 0 Å². The van der Waals surface area contributed by atoms with Crippen LogP contribution >= 0.6 is 11.3 Å². The fourth-order valence-corrected chi connectivity index (χ4v) is 5.55. The Morgan fingerprint density at radius 3 is 2.89 bits per heavy atom. The number of thiophene rings is 1. The SMILES string of the molecule is CNC(=O)CN(C)c1nc(C[NH+]2CCOCC2)nc2sc3c(c12)CC[C@@H](C)C3. The van der Waals surface area contributed by atoms with E-state index in [9.17, 15) is 4.79 Å². The van der Waals surface area contributed by atoms with Crippen LogP contribution in [0.25, 0.3) is 10.2 Å². The lowest BCUT2D eigenvalue weighted by atomic mass is 9.89. The second-order valence-electron chi connectivity index (χ2n) is 8.06. The maximum atomic E-state index is 12.0. The number of aromatic nitrogens is 2. The van der Waals surface area contributed by atoms with Gasteiger partial charge in [0, 0.05) is 19.0 Å². The first-order chi connectivity index (χ1) is 13.5. The van der Waals surface area contributed by atoms with Gasteiger partial charge in [-0.1, -0.05) is 6.92 Å². The molecule has 28 heavy (non-hydrogen) atoms. The highest BCUT2D eigenvalue weighted by atomic mass is 32.1. The van der Waals surface area contributed by atoms with Gasteiger partial charge in [-0.2, -0.15) is 0 Å². The fourth-order valence-electron chi connectivity index (χ4n) is 4.15. The number of morpholine rings is 1. The average molecular weight is 405 g/mol. The van der Waals surface area contributed by atoms with Crippen molar-refractivity contribution in [3.63, 3.8) is 0 Å². The molecule has 3 heterocycles. The first-order valence-electron chi connectivity index (χ1n) is 10.2. The number of amides is 1. The van der Waals surface area contributed by atoms with Crippen molar-refractivity contribution in [2.75, 3.05) is 51.8 Å². The summed E-state index contributed by atoms with van der Waals surface area (Å²) in [4.78, 5) is 27.9. The molecule has 152 valence electrons. The number of ether oxygens (including phenoxy) is 1. The van der Waals surface area contributed by atoms with Gasteiger partial charge in [-0.15, -0.1) is 11.3 Å². The minimum absolute atomic E-state index is 0.00710. The highest BCUT2D eigenvalue weighted by molar-refractivity contribution is 7.19. The molecule has 2 aliphatic rings. The Morgan fingerprint density at radius 2 is 2.14 bits per heavy atom. The summed E-state index contributed by atoms with van der Waals surface area (Å²) in [6.07, 6.45) is 3.41. The highest BCUT2D eigenvalue weighted by Crippen LogP contribution is 2.40. The number of fused-ring (bicyclic) bond motifs is 3. The van der Waals surface area contributed by atoms with E-state index in [4.69, 9.17) is 14.7 Å². The van der Waals surface area contributed by atoms with E-state index >= 15 is 0 Å². The number of nitrogens with one attached hydrogen (secondary N) is 2. The van der Waals surface area contributed by atoms with Gasteiger partial charge in [0.2, 0.25) is 5.91 Å². The molecule has 2 N–H and O–H groups in total. The van der Waals surface area contributed by atoms with Crippen molar-refractivity contribution in [1.29, 1.82) is 0 Å². The molecule has 4 rings (SSSR count). The zero-order valence-corrected chi connectivity index (χ0v) is 17.8. The Labute approximate surface area is 170 Å². The number of hydrogen-bond donors (Lipinski definition) is 2. The number of quaternary nitrogens is 1. The van der Waals surface area contributed by atoms with Gasteiger partial charge in [-0.3, -0.25) is 4.79 Å². The maximum Gasteiger partial charge on any atom is 0.239 e. The third-order valence-corrected chi connectivity index (χ3v) is 6.96. The summed E-state index contributed by atoms with van der Waals surface area (Å²) in [5.74, 6) is 2.49. The van der Waals surface area contributed by atoms with Crippen molar-refractivity contribution >= 4 is 33.3 Å². The molecule has 0 spiro atoms. The largest absolute Gasteiger partial charge is 0.370 e. The number of aryl methyl sites for hydroxylation is 1. The second-order valence-corrected chi connectivity index (χ2v) is 9.15. The summed E-state index contributed by atoms with van der Waals surface area (Å²) in [7, 11) is 3.63. The molecule has 0 radical (unpaired) electrons. The molecule has 0 aromatic carbocycles. The minimum atomic E-state index is -0.00710. The number of carbonyl (C=O) groups is 1. The predicted molar refractivity (Wildman–Crippen MR) is 111 cm³/mol.